The highest BCUT2D eigenvalue weighted by Gasteiger charge is 2.01. The number of amides is 1. The quantitative estimate of drug-likeness (QED) is 0.825. The molecule has 0 aromatic heterocycles. The predicted molar refractivity (Wildman–Crippen MR) is 89.1 cm³/mol. The average molecular weight is 298 g/mol. The summed E-state index contributed by atoms with van der Waals surface area (Å²) in [5, 5.41) is 6.14. The van der Waals surface area contributed by atoms with Crippen LogP contribution >= 0.6 is 0 Å². The van der Waals surface area contributed by atoms with Gasteiger partial charge in [-0.25, -0.2) is 0 Å². The Balaban J connectivity index is 1.67. The summed E-state index contributed by atoms with van der Waals surface area (Å²) >= 11 is 0. The molecule has 0 heterocycles. The van der Waals surface area contributed by atoms with E-state index in [9.17, 15) is 4.79 Å². The van der Waals surface area contributed by atoms with Crippen molar-refractivity contribution in [3.63, 3.8) is 0 Å². The maximum absolute atomic E-state index is 11.8. The van der Waals surface area contributed by atoms with E-state index in [1.807, 2.05) is 55.5 Å². The monoisotopic (exact) mass is 298 g/mol. The molecular weight excluding hydrogens is 276 g/mol. The third-order valence-electron chi connectivity index (χ3n) is 3.38. The summed E-state index contributed by atoms with van der Waals surface area (Å²) in [6.45, 7) is 3.22. The number of aryl methyl sites for hydroxylation is 1. The summed E-state index contributed by atoms with van der Waals surface area (Å²) in [6, 6.07) is 15.8. The SMILES string of the molecule is COc1ccc(NCCC(=O)NCc2ccc(C)cc2)cc1. The maximum Gasteiger partial charge on any atom is 0.222 e. The van der Waals surface area contributed by atoms with Crippen LogP contribution in [0, 0.1) is 6.92 Å². The lowest BCUT2D eigenvalue weighted by Gasteiger charge is -2.08. The van der Waals surface area contributed by atoms with Gasteiger partial charge in [0.2, 0.25) is 5.91 Å². The minimum atomic E-state index is 0.0431. The Labute approximate surface area is 131 Å². The Kier molecular flexibility index (Phi) is 5.83. The van der Waals surface area contributed by atoms with Crippen LogP contribution < -0.4 is 15.4 Å². The fourth-order valence-corrected chi connectivity index (χ4v) is 2.02. The summed E-state index contributed by atoms with van der Waals surface area (Å²) in [5.74, 6) is 0.864. The van der Waals surface area contributed by atoms with Gasteiger partial charge in [0.15, 0.2) is 0 Å². The van der Waals surface area contributed by atoms with Crippen molar-refractivity contribution in [3.8, 4) is 5.75 Å². The normalized spacial score (nSPS) is 10.1. The number of ether oxygens (including phenoxy) is 1. The molecule has 0 aliphatic carbocycles. The van der Waals surface area contributed by atoms with E-state index in [2.05, 4.69) is 10.6 Å². The Hall–Kier alpha value is -2.49. The van der Waals surface area contributed by atoms with Gasteiger partial charge in [-0.1, -0.05) is 29.8 Å². The standard InChI is InChI=1S/C18H22N2O2/c1-14-3-5-15(6-4-14)13-20-18(21)11-12-19-16-7-9-17(22-2)10-8-16/h3-10,19H,11-13H2,1-2H3,(H,20,21). The van der Waals surface area contributed by atoms with Crippen LogP contribution in [0.25, 0.3) is 0 Å². The summed E-state index contributed by atoms with van der Waals surface area (Å²) < 4.78 is 5.10. The molecule has 0 saturated carbocycles. The van der Waals surface area contributed by atoms with Crippen molar-refractivity contribution in [1.29, 1.82) is 0 Å². The van der Waals surface area contributed by atoms with Crippen LogP contribution in [-0.4, -0.2) is 19.6 Å². The molecule has 0 saturated heterocycles. The number of carbonyl (C=O) groups is 1. The highest BCUT2D eigenvalue weighted by Crippen LogP contribution is 2.14. The van der Waals surface area contributed by atoms with Crippen molar-refractivity contribution in [2.24, 2.45) is 0 Å². The summed E-state index contributed by atoms with van der Waals surface area (Å²) in [7, 11) is 1.64. The van der Waals surface area contributed by atoms with Gasteiger partial charge in [0.1, 0.15) is 5.75 Å². The van der Waals surface area contributed by atoms with Crippen LogP contribution in [-0.2, 0) is 11.3 Å². The van der Waals surface area contributed by atoms with Crippen LogP contribution in [0.4, 0.5) is 5.69 Å². The van der Waals surface area contributed by atoms with Gasteiger partial charge in [0.25, 0.3) is 0 Å². The Morgan fingerprint density at radius 2 is 1.73 bits per heavy atom. The second-order valence-corrected chi connectivity index (χ2v) is 5.17. The second-order valence-electron chi connectivity index (χ2n) is 5.17. The Morgan fingerprint density at radius 1 is 1.05 bits per heavy atom. The molecule has 4 nitrogen and oxygen atoms in total. The molecule has 0 unspecified atom stereocenters. The van der Waals surface area contributed by atoms with Gasteiger partial charge in [-0.3, -0.25) is 4.79 Å². The van der Waals surface area contributed by atoms with Crippen molar-refractivity contribution in [3.05, 3.63) is 59.7 Å². The molecular formula is C18H22N2O2. The molecule has 4 heteroatoms. The third-order valence-corrected chi connectivity index (χ3v) is 3.38. The molecule has 2 N–H and O–H groups in total. The first kappa shape index (κ1) is 15.9. The zero-order valence-corrected chi connectivity index (χ0v) is 13.1. The molecule has 2 rings (SSSR count). The Bertz CT molecular complexity index is 591. The fraction of sp³-hybridized carbons (Fsp3) is 0.278. The van der Waals surface area contributed by atoms with Gasteiger partial charge < -0.3 is 15.4 Å². The van der Waals surface area contributed by atoms with E-state index in [1.165, 1.54) is 5.56 Å². The predicted octanol–water partition coefficient (Wildman–Crippen LogP) is 3.12. The number of hydrogen-bond donors (Lipinski definition) is 2. The molecule has 1 amide bonds. The summed E-state index contributed by atoms with van der Waals surface area (Å²) in [4.78, 5) is 11.8. The van der Waals surface area contributed by atoms with E-state index in [0.717, 1.165) is 17.0 Å². The topological polar surface area (TPSA) is 50.4 Å². The van der Waals surface area contributed by atoms with E-state index in [1.54, 1.807) is 7.11 Å². The smallest absolute Gasteiger partial charge is 0.222 e. The number of carbonyl (C=O) groups excluding carboxylic acids is 1. The van der Waals surface area contributed by atoms with Crippen LogP contribution in [0.3, 0.4) is 0 Å². The number of methoxy groups -OCH3 is 1. The molecule has 0 fully saturated rings. The highest BCUT2D eigenvalue weighted by atomic mass is 16.5. The van der Waals surface area contributed by atoms with Gasteiger partial charge >= 0.3 is 0 Å². The summed E-state index contributed by atoms with van der Waals surface area (Å²) in [5.41, 5.74) is 3.31. The molecule has 0 atom stereocenters. The zero-order chi connectivity index (χ0) is 15.8. The lowest BCUT2D eigenvalue weighted by molar-refractivity contribution is -0.121. The maximum atomic E-state index is 11.8. The minimum Gasteiger partial charge on any atom is -0.497 e. The number of nitrogens with one attached hydrogen (secondary N) is 2. The third kappa shape index (κ3) is 5.13. The van der Waals surface area contributed by atoms with Crippen molar-refractivity contribution in [2.45, 2.75) is 19.9 Å². The van der Waals surface area contributed by atoms with E-state index in [4.69, 9.17) is 4.74 Å². The van der Waals surface area contributed by atoms with Gasteiger partial charge in [-0.05, 0) is 36.8 Å². The van der Waals surface area contributed by atoms with Gasteiger partial charge in [-0.2, -0.15) is 0 Å². The van der Waals surface area contributed by atoms with Crippen LogP contribution in [0.2, 0.25) is 0 Å². The van der Waals surface area contributed by atoms with Crippen molar-refractivity contribution in [1.82, 2.24) is 5.32 Å². The highest BCUT2D eigenvalue weighted by molar-refractivity contribution is 5.76. The first-order chi connectivity index (χ1) is 10.7. The lowest BCUT2D eigenvalue weighted by atomic mass is 10.1. The second kappa shape index (κ2) is 8.08. The Morgan fingerprint density at radius 3 is 2.36 bits per heavy atom. The largest absolute Gasteiger partial charge is 0.497 e. The minimum absolute atomic E-state index is 0.0431. The van der Waals surface area contributed by atoms with Crippen LogP contribution in [0.5, 0.6) is 5.75 Å². The molecule has 0 aliphatic heterocycles. The molecule has 2 aromatic rings. The van der Waals surface area contributed by atoms with Crippen molar-refractivity contribution >= 4 is 11.6 Å². The van der Waals surface area contributed by atoms with Gasteiger partial charge in [0, 0.05) is 25.2 Å². The molecule has 0 spiro atoms. The molecule has 0 bridgehead atoms. The molecule has 116 valence electrons. The van der Waals surface area contributed by atoms with E-state index in [0.29, 0.717) is 19.5 Å². The van der Waals surface area contributed by atoms with Gasteiger partial charge in [0.05, 0.1) is 7.11 Å². The van der Waals surface area contributed by atoms with E-state index >= 15 is 0 Å². The molecule has 0 aliphatic rings. The van der Waals surface area contributed by atoms with Crippen LogP contribution in [0.15, 0.2) is 48.5 Å². The number of rotatable bonds is 7. The number of benzene rings is 2. The van der Waals surface area contributed by atoms with E-state index < -0.39 is 0 Å². The van der Waals surface area contributed by atoms with Gasteiger partial charge in [-0.15, -0.1) is 0 Å². The average Bonchev–Trinajstić information content (AvgIpc) is 2.55. The zero-order valence-electron chi connectivity index (χ0n) is 13.1. The fourth-order valence-electron chi connectivity index (χ4n) is 2.02. The van der Waals surface area contributed by atoms with Crippen LogP contribution in [0.1, 0.15) is 17.5 Å². The van der Waals surface area contributed by atoms with E-state index in [-0.39, 0.29) is 5.91 Å². The number of hydrogen-bond acceptors (Lipinski definition) is 3. The molecule has 0 radical (unpaired) electrons. The van der Waals surface area contributed by atoms with Crippen molar-refractivity contribution < 1.29 is 9.53 Å². The first-order valence-electron chi connectivity index (χ1n) is 7.37. The lowest BCUT2D eigenvalue weighted by Crippen LogP contribution is -2.24. The number of anilines is 1. The molecule has 2 aromatic carbocycles. The molecule has 22 heavy (non-hydrogen) atoms. The summed E-state index contributed by atoms with van der Waals surface area (Å²) in [6.07, 6.45) is 0.442. The van der Waals surface area contributed by atoms with Crippen molar-refractivity contribution in [2.75, 3.05) is 19.0 Å². The first-order valence-corrected chi connectivity index (χ1v) is 7.37.